The summed E-state index contributed by atoms with van der Waals surface area (Å²) in [6, 6.07) is 3.33. The molecule has 0 amide bonds. The Morgan fingerprint density at radius 3 is 2.88 bits per heavy atom. The van der Waals surface area contributed by atoms with Crippen molar-refractivity contribution >= 4 is 5.78 Å². The summed E-state index contributed by atoms with van der Waals surface area (Å²) in [7, 11) is 0. The lowest BCUT2D eigenvalue weighted by Crippen LogP contribution is -2.01. The summed E-state index contributed by atoms with van der Waals surface area (Å²) in [4.78, 5) is 15.8. The molecular weight excluding hydrogens is 206 g/mol. The normalized spacial score (nSPS) is 10.3. The third-order valence-electron chi connectivity index (χ3n) is 2.28. The van der Waals surface area contributed by atoms with Gasteiger partial charge in [-0.05, 0) is 19.1 Å². The molecule has 2 aromatic rings. The largest absolute Gasteiger partial charge is 0.493 e. The van der Waals surface area contributed by atoms with Crippen LogP contribution in [-0.4, -0.2) is 25.7 Å². The third-order valence-corrected chi connectivity index (χ3v) is 2.28. The molecule has 5 heteroatoms. The molecule has 0 saturated heterocycles. The van der Waals surface area contributed by atoms with E-state index in [9.17, 15) is 9.90 Å². The number of pyridine rings is 1. The Bertz CT molecular complexity index is 505. The van der Waals surface area contributed by atoms with Crippen molar-refractivity contribution in [3.05, 3.63) is 41.9 Å². The standard InChI is InChI=1S/C11H11N3O2/c1-2-14-11(16)9(7-13-14)10(15)8-4-3-5-12-6-8/h3-7,16H,2H2,1H3. The van der Waals surface area contributed by atoms with Crippen molar-refractivity contribution in [3.8, 4) is 5.88 Å². The molecule has 0 aromatic carbocycles. The quantitative estimate of drug-likeness (QED) is 0.785. The number of aromatic hydroxyl groups is 1. The van der Waals surface area contributed by atoms with Crippen LogP contribution < -0.4 is 0 Å². The Labute approximate surface area is 92.4 Å². The number of aryl methyl sites for hydroxylation is 1. The van der Waals surface area contributed by atoms with E-state index in [-0.39, 0.29) is 17.2 Å². The van der Waals surface area contributed by atoms with Crippen LogP contribution in [0.2, 0.25) is 0 Å². The van der Waals surface area contributed by atoms with Gasteiger partial charge in [-0.15, -0.1) is 0 Å². The van der Waals surface area contributed by atoms with E-state index in [1.807, 2.05) is 6.92 Å². The van der Waals surface area contributed by atoms with Crippen molar-refractivity contribution in [1.29, 1.82) is 0 Å². The number of nitrogens with zero attached hydrogens (tertiary/aromatic N) is 3. The van der Waals surface area contributed by atoms with Crippen molar-refractivity contribution in [2.45, 2.75) is 13.5 Å². The molecule has 0 aliphatic rings. The average molecular weight is 217 g/mol. The number of hydrogen-bond acceptors (Lipinski definition) is 4. The summed E-state index contributed by atoms with van der Waals surface area (Å²) in [5, 5.41) is 13.6. The van der Waals surface area contributed by atoms with Crippen LogP contribution in [0.1, 0.15) is 22.8 Å². The number of carbonyl (C=O) groups is 1. The molecule has 1 N–H and O–H groups in total. The highest BCUT2D eigenvalue weighted by molar-refractivity contribution is 6.10. The van der Waals surface area contributed by atoms with Gasteiger partial charge in [0.15, 0.2) is 0 Å². The van der Waals surface area contributed by atoms with Gasteiger partial charge in [0.2, 0.25) is 11.7 Å². The second-order valence-corrected chi connectivity index (χ2v) is 3.27. The summed E-state index contributed by atoms with van der Waals surface area (Å²) in [5.41, 5.74) is 0.642. The van der Waals surface area contributed by atoms with Gasteiger partial charge in [-0.3, -0.25) is 9.78 Å². The molecule has 16 heavy (non-hydrogen) atoms. The van der Waals surface area contributed by atoms with Crippen LogP contribution in [0.3, 0.4) is 0 Å². The highest BCUT2D eigenvalue weighted by atomic mass is 16.3. The van der Waals surface area contributed by atoms with Gasteiger partial charge >= 0.3 is 0 Å². The first-order chi connectivity index (χ1) is 7.74. The zero-order valence-electron chi connectivity index (χ0n) is 8.79. The van der Waals surface area contributed by atoms with E-state index >= 15 is 0 Å². The van der Waals surface area contributed by atoms with E-state index in [4.69, 9.17) is 0 Å². The third kappa shape index (κ3) is 1.67. The average Bonchev–Trinajstić information content (AvgIpc) is 2.70. The second kappa shape index (κ2) is 4.14. The smallest absolute Gasteiger partial charge is 0.220 e. The molecule has 0 spiro atoms. The van der Waals surface area contributed by atoms with Crippen LogP contribution in [0.4, 0.5) is 0 Å². The maximum Gasteiger partial charge on any atom is 0.220 e. The lowest BCUT2D eigenvalue weighted by atomic mass is 10.1. The van der Waals surface area contributed by atoms with Gasteiger partial charge in [-0.2, -0.15) is 5.10 Å². The van der Waals surface area contributed by atoms with Crippen molar-refractivity contribution < 1.29 is 9.90 Å². The fourth-order valence-electron chi connectivity index (χ4n) is 1.42. The first-order valence-corrected chi connectivity index (χ1v) is 4.93. The second-order valence-electron chi connectivity index (χ2n) is 3.27. The van der Waals surface area contributed by atoms with Crippen molar-refractivity contribution in [2.75, 3.05) is 0 Å². The number of rotatable bonds is 3. The minimum atomic E-state index is -0.273. The summed E-state index contributed by atoms with van der Waals surface area (Å²) in [6.45, 7) is 2.36. The Kier molecular flexibility index (Phi) is 2.68. The van der Waals surface area contributed by atoms with Crippen LogP contribution in [0, 0.1) is 0 Å². The first kappa shape index (κ1) is 10.4. The van der Waals surface area contributed by atoms with Gasteiger partial charge in [0.25, 0.3) is 0 Å². The fourth-order valence-corrected chi connectivity index (χ4v) is 1.42. The van der Waals surface area contributed by atoms with Gasteiger partial charge in [0.1, 0.15) is 5.56 Å². The van der Waals surface area contributed by atoms with Gasteiger partial charge in [-0.25, -0.2) is 4.68 Å². The topological polar surface area (TPSA) is 68.0 Å². The molecule has 0 aliphatic carbocycles. The highest BCUT2D eigenvalue weighted by Gasteiger charge is 2.17. The molecular formula is C11H11N3O2. The molecule has 0 bridgehead atoms. The minimum absolute atomic E-state index is 0.101. The molecule has 0 radical (unpaired) electrons. The molecule has 2 rings (SSSR count). The lowest BCUT2D eigenvalue weighted by Gasteiger charge is -2.00. The maximum absolute atomic E-state index is 11.9. The molecule has 2 heterocycles. The van der Waals surface area contributed by atoms with Crippen molar-refractivity contribution in [1.82, 2.24) is 14.8 Å². The SMILES string of the molecule is CCn1ncc(C(=O)c2cccnc2)c1O. The molecule has 0 saturated carbocycles. The summed E-state index contributed by atoms with van der Waals surface area (Å²) in [6.07, 6.45) is 4.42. The first-order valence-electron chi connectivity index (χ1n) is 4.93. The van der Waals surface area contributed by atoms with E-state index in [1.165, 1.54) is 17.1 Å². The fraction of sp³-hybridized carbons (Fsp3) is 0.182. The van der Waals surface area contributed by atoms with Gasteiger partial charge < -0.3 is 5.11 Å². The molecule has 0 fully saturated rings. The van der Waals surface area contributed by atoms with Crippen LogP contribution >= 0.6 is 0 Å². The number of aromatic nitrogens is 3. The van der Waals surface area contributed by atoms with E-state index in [0.29, 0.717) is 12.1 Å². The number of ketones is 1. The molecule has 0 aliphatic heterocycles. The highest BCUT2D eigenvalue weighted by Crippen LogP contribution is 2.19. The number of hydrogen-bond donors (Lipinski definition) is 1. The predicted octanol–water partition coefficient (Wildman–Crippen LogP) is 1.23. The van der Waals surface area contributed by atoms with Crippen LogP contribution in [0.5, 0.6) is 5.88 Å². The molecule has 0 unspecified atom stereocenters. The van der Waals surface area contributed by atoms with Crippen LogP contribution in [0.25, 0.3) is 0 Å². The monoisotopic (exact) mass is 217 g/mol. The summed E-state index contributed by atoms with van der Waals surface area (Å²) in [5.74, 6) is -0.373. The Balaban J connectivity index is 2.38. The van der Waals surface area contributed by atoms with Gasteiger partial charge in [-0.1, -0.05) is 0 Å². The lowest BCUT2D eigenvalue weighted by molar-refractivity contribution is 0.103. The zero-order chi connectivity index (χ0) is 11.5. The molecule has 5 nitrogen and oxygen atoms in total. The van der Waals surface area contributed by atoms with Crippen molar-refractivity contribution in [3.63, 3.8) is 0 Å². The predicted molar refractivity (Wildman–Crippen MR) is 57.2 cm³/mol. The maximum atomic E-state index is 11.9. The molecule has 2 aromatic heterocycles. The van der Waals surface area contributed by atoms with Crippen LogP contribution in [0.15, 0.2) is 30.7 Å². The minimum Gasteiger partial charge on any atom is -0.493 e. The zero-order valence-corrected chi connectivity index (χ0v) is 8.79. The van der Waals surface area contributed by atoms with E-state index in [1.54, 1.807) is 18.3 Å². The Morgan fingerprint density at radius 2 is 2.31 bits per heavy atom. The van der Waals surface area contributed by atoms with Gasteiger partial charge in [0, 0.05) is 24.5 Å². The van der Waals surface area contributed by atoms with Crippen molar-refractivity contribution in [2.24, 2.45) is 0 Å². The summed E-state index contributed by atoms with van der Waals surface area (Å²) >= 11 is 0. The summed E-state index contributed by atoms with van der Waals surface area (Å²) < 4.78 is 1.36. The van der Waals surface area contributed by atoms with Gasteiger partial charge in [0.05, 0.1) is 6.20 Å². The Morgan fingerprint density at radius 1 is 1.50 bits per heavy atom. The molecule has 82 valence electrons. The van der Waals surface area contributed by atoms with E-state index in [2.05, 4.69) is 10.1 Å². The molecule has 0 atom stereocenters. The van der Waals surface area contributed by atoms with Crippen LogP contribution in [-0.2, 0) is 6.54 Å². The van der Waals surface area contributed by atoms with E-state index < -0.39 is 0 Å². The Hall–Kier alpha value is -2.17. The number of carbonyl (C=O) groups excluding carboxylic acids is 1. The van der Waals surface area contributed by atoms with E-state index in [0.717, 1.165) is 0 Å².